The molecule has 0 aromatic heterocycles. The number of carbonyl (C=O) groups excluding carboxylic acids is 1. The standard InChI is InChI=1S/C58H74.C54H82.C15H14O/c1-11-13-15-17-19-21-35-57(36-22-20-18-16-14-12-2)51-37-41(3)23-33-47(51)49-40-54-50(39-52(49)57)48-34-24-42(4)38-53(48)58(54,45-29-25-43(26-30-45)55(5,6)7)46-31-27-44(28-32-46)56(8,9)10;1-7-11-15-19-23-27-35-53(36-28-24-20-16-12-8-2)49-39-43(5)31-33-45(49)47-42-52-48(41-51(47)53)46-34-32-44(6)40-50(46)54(52,37-29-25-21-17-13-9-3)38-30-26-22-18-14-10-4;1-11-3-7-13(8-4-11)15(16)14-9-5-12(2)6-10-14/h23-34,37-40H,11-22,35-36H2,1-10H3;31-34,39-42H,7-30,35-38H2,1-6H3;3-10H,1-2H3. The highest BCUT2D eigenvalue weighted by molar-refractivity contribution is 6.09. The maximum absolute atomic E-state index is 12.1. The van der Waals surface area contributed by atoms with Gasteiger partial charge in [0.1, 0.15) is 0 Å². The first-order valence-electron chi connectivity index (χ1n) is 52.6. The molecule has 4 aliphatic carbocycles. The van der Waals surface area contributed by atoms with Gasteiger partial charge in [-0.3, -0.25) is 4.79 Å². The minimum Gasteiger partial charge on any atom is -0.289 e. The summed E-state index contributed by atoms with van der Waals surface area (Å²) in [6, 6.07) is 75.8. The van der Waals surface area contributed by atoms with E-state index in [1.165, 1.54) is 359 Å². The number of fused-ring (bicyclic) bond motifs is 12. The van der Waals surface area contributed by atoms with E-state index in [1.54, 1.807) is 55.6 Å². The molecule has 0 saturated heterocycles. The smallest absolute Gasteiger partial charge is 0.193 e. The molecule has 14 rings (SSSR count). The Labute approximate surface area is 782 Å². The fourth-order valence-electron chi connectivity index (χ4n) is 23.3. The second kappa shape index (κ2) is 46.3. The first-order chi connectivity index (χ1) is 61.9. The number of hydrogen-bond acceptors (Lipinski definition) is 1. The van der Waals surface area contributed by atoms with Crippen molar-refractivity contribution in [3.05, 3.63) is 305 Å². The Hall–Kier alpha value is -8.13. The Morgan fingerprint density at radius 2 is 0.406 bits per heavy atom. The fraction of sp³-hybridized carbons (Fsp3) is 0.520. The predicted octanol–water partition coefficient (Wildman–Crippen LogP) is 38.4. The van der Waals surface area contributed by atoms with Gasteiger partial charge in [0.2, 0.25) is 0 Å². The normalized spacial score (nSPS) is 14.2. The Balaban J connectivity index is 0.000000198. The third-order valence-corrected chi connectivity index (χ3v) is 30.8. The van der Waals surface area contributed by atoms with E-state index in [2.05, 4.69) is 256 Å². The molecule has 0 N–H and O–H groups in total. The van der Waals surface area contributed by atoms with Gasteiger partial charge >= 0.3 is 0 Å². The van der Waals surface area contributed by atoms with Gasteiger partial charge in [0.05, 0.1) is 5.41 Å². The van der Waals surface area contributed by atoms with Crippen LogP contribution in [-0.2, 0) is 32.5 Å². The van der Waals surface area contributed by atoms with Crippen LogP contribution in [0.4, 0.5) is 0 Å². The quantitative estimate of drug-likeness (QED) is 0.0275. The lowest BCUT2D eigenvalue weighted by Crippen LogP contribution is -2.29. The van der Waals surface area contributed by atoms with Gasteiger partial charge in [-0.25, -0.2) is 0 Å². The first kappa shape index (κ1) is 98.9. The summed E-state index contributed by atoms with van der Waals surface area (Å²) < 4.78 is 0. The van der Waals surface area contributed by atoms with E-state index in [0.717, 1.165) is 11.1 Å². The van der Waals surface area contributed by atoms with Gasteiger partial charge in [0.25, 0.3) is 0 Å². The number of ketones is 1. The Morgan fingerprint density at radius 1 is 0.211 bits per heavy atom. The van der Waals surface area contributed by atoms with Crippen LogP contribution in [0.2, 0.25) is 0 Å². The fourth-order valence-corrected chi connectivity index (χ4v) is 23.3. The predicted molar refractivity (Wildman–Crippen MR) is 559 cm³/mol. The average Bonchev–Trinajstić information content (AvgIpc) is 1.51. The van der Waals surface area contributed by atoms with Crippen molar-refractivity contribution in [2.24, 2.45) is 0 Å². The molecule has 0 bridgehead atoms. The number of hydrogen-bond donors (Lipinski definition) is 0. The largest absolute Gasteiger partial charge is 0.289 e. The monoisotopic (exact) mass is 1710 g/mol. The molecule has 0 saturated carbocycles. The molecule has 684 valence electrons. The first-order valence-corrected chi connectivity index (χ1v) is 52.6. The van der Waals surface area contributed by atoms with E-state index in [0.29, 0.717) is 0 Å². The van der Waals surface area contributed by atoms with Crippen molar-refractivity contribution >= 4 is 5.78 Å². The van der Waals surface area contributed by atoms with E-state index in [4.69, 9.17) is 0 Å². The van der Waals surface area contributed by atoms with E-state index in [1.807, 2.05) is 62.4 Å². The molecule has 4 aliphatic rings. The summed E-state index contributed by atoms with van der Waals surface area (Å²) in [4.78, 5) is 12.1. The van der Waals surface area contributed by atoms with Crippen LogP contribution in [0.25, 0.3) is 44.5 Å². The number of aryl methyl sites for hydroxylation is 6. The minimum atomic E-state index is -0.437. The summed E-state index contributed by atoms with van der Waals surface area (Å²) in [6.45, 7) is 41.3. The van der Waals surface area contributed by atoms with Gasteiger partial charge < -0.3 is 0 Å². The molecule has 128 heavy (non-hydrogen) atoms. The third-order valence-electron chi connectivity index (χ3n) is 30.8. The summed E-state index contributed by atoms with van der Waals surface area (Å²) in [7, 11) is 0. The van der Waals surface area contributed by atoms with Gasteiger partial charge in [0.15, 0.2) is 5.78 Å². The van der Waals surface area contributed by atoms with Crippen molar-refractivity contribution in [3.8, 4) is 44.5 Å². The van der Waals surface area contributed by atoms with Crippen molar-refractivity contribution in [3.63, 3.8) is 0 Å². The molecule has 0 spiro atoms. The topological polar surface area (TPSA) is 17.1 Å². The number of rotatable bonds is 46. The lowest BCUT2D eigenvalue weighted by atomic mass is 9.66. The molecule has 0 aliphatic heterocycles. The van der Waals surface area contributed by atoms with Crippen LogP contribution in [-0.4, -0.2) is 5.78 Å². The molecule has 1 heteroatoms. The molecule has 0 atom stereocenters. The van der Waals surface area contributed by atoms with E-state index in [9.17, 15) is 4.79 Å². The van der Waals surface area contributed by atoms with Crippen molar-refractivity contribution in [1.82, 2.24) is 0 Å². The van der Waals surface area contributed by atoms with Crippen LogP contribution in [0, 0.1) is 41.5 Å². The van der Waals surface area contributed by atoms with Gasteiger partial charge in [-0.1, -0.05) is 517 Å². The van der Waals surface area contributed by atoms with Gasteiger partial charge in [-0.05, 0) is 226 Å². The van der Waals surface area contributed by atoms with Crippen LogP contribution in [0.3, 0.4) is 0 Å². The van der Waals surface area contributed by atoms with Gasteiger partial charge in [0, 0.05) is 27.4 Å². The second-order valence-electron chi connectivity index (χ2n) is 42.9. The van der Waals surface area contributed by atoms with Crippen LogP contribution in [0.5, 0.6) is 0 Å². The Kier molecular flexibility index (Phi) is 35.8. The summed E-state index contributed by atoms with van der Waals surface area (Å²) >= 11 is 0. The number of benzene rings is 10. The van der Waals surface area contributed by atoms with Gasteiger partial charge in [-0.2, -0.15) is 0 Å². The zero-order chi connectivity index (χ0) is 91.1. The van der Waals surface area contributed by atoms with Gasteiger partial charge in [-0.15, -0.1) is 0 Å². The zero-order valence-corrected chi connectivity index (χ0v) is 84.1. The van der Waals surface area contributed by atoms with Crippen molar-refractivity contribution < 1.29 is 4.79 Å². The second-order valence-corrected chi connectivity index (χ2v) is 42.9. The van der Waals surface area contributed by atoms with Crippen molar-refractivity contribution in [2.75, 3.05) is 0 Å². The summed E-state index contributed by atoms with van der Waals surface area (Å²) in [5.74, 6) is 0.0833. The molecular formula is C127H170O. The molecule has 0 unspecified atom stereocenters. The maximum atomic E-state index is 12.1. The van der Waals surface area contributed by atoms with Crippen LogP contribution in [0.1, 0.15) is 469 Å². The minimum absolute atomic E-state index is 0.0417. The van der Waals surface area contributed by atoms with Crippen molar-refractivity contribution in [1.29, 1.82) is 0 Å². The highest BCUT2D eigenvalue weighted by atomic mass is 16.1. The molecule has 0 heterocycles. The summed E-state index contributed by atoms with van der Waals surface area (Å²) in [5, 5.41) is 0. The Morgan fingerprint density at radius 3 is 0.656 bits per heavy atom. The van der Waals surface area contributed by atoms with Crippen molar-refractivity contribution in [2.45, 2.75) is 427 Å². The maximum Gasteiger partial charge on any atom is 0.193 e. The summed E-state index contributed by atoms with van der Waals surface area (Å²) in [6.07, 6.45) is 56.6. The lowest BCUT2D eigenvalue weighted by Gasteiger charge is -2.36. The number of carbonyl (C=O) groups is 1. The van der Waals surface area contributed by atoms with Crippen LogP contribution >= 0.6 is 0 Å². The molecule has 1 nitrogen and oxygen atoms in total. The zero-order valence-electron chi connectivity index (χ0n) is 84.1. The van der Waals surface area contributed by atoms with E-state index in [-0.39, 0.29) is 32.9 Å². The lowest BCUT2D eigenvalue weighted by molar-refractivity contribution is 0.103. The molecule has 0 radical (unpaired) electrons. The highest BCUT2D eigenvalue weighted by Gasteiger charge is 2.52. The molecule has 0 fully saturated rings. The Bertz CT molecular complexity index is 4900. The SMILES string of the molecule is CCCCCCCCC1(CCCCCCCC)c2cc(C)ccc2-c2cc3c(cc21)-c1ccc(C)cc1C3(CCCCCCCC)CCCCCCCC.CCCCCCCCC1(CCCCCCCC)c2cc(C)ccc2-c2cc3c(cc21)-c1ccc(C)cc1C3(c1ccc(C(C)(C)C)cc1)c1ccc(C(C)(C)C)cc1.Cc1ccc(C(=O)c2ccc(C)cc2)cc1. The average molecular weight is 1710 g/mol. The molecule has 0 amide bonds. The third kappa shape index (κ3) is 22.8. The van der Waals surface area contributed by atoms with E-state index < -0.39 is 5.41 Å². The summed E-state index contributed by atoms with van der Waals surface area (Å²) in [5.41, 5.74) is 39.9. The number of unbranched alkanes of at least 4 members (excludes halogenated alkanes) is 30. The van der Waals surface area contributed by atoms with Crippen LogP contribution < -0.4 is 0 Å². The molecular weight excluding hydrogens is 1540 g/mol. The van der Waals surface area contributed by atoms with Crippen LogP contribution in [0.15, 0.2) is 194 Å². The molecule has 10 aromatic carbocycles. The highest BCUT2D eigenvalue weighted by Crippen LogP contribution is 2.65. The van der Waals surface area contributed by atoms with E-state index >= 15 is 0 Å². The molecule has 10 aromatic rings.